The van der Waals surface area contributed by atoms with Crippen LogP contribution < -0.4 is 0 Å². The van der Waals surface area contributed by atoms with Gasteiger partial charge in [-0.05, 0) is 57.1 Å². The van der Waals surface area contributed by atoms with Crippen LogP contribution in [0.1, 0.15) is 53.9 Å². The highest BCUT2D eigenvalue weighted by Gasteiger charge is 2.37. The smallest absolute Gasteiger partial charge is 0.302 e. The summed E-state index contributed by atoms with van der Waals surface area (Å²) in [6.07, 6.45) is 6.30. The van der Waals surface area contributed by atoms with Gasteiger partial charge in [0.25, 0.3) is 0 Å². The first kappa shape index (κ1) is 22.4. The fraction of sp³-hybridized carbons (Fsp3) is 0.522. The Morgan fingerprint density at radius 3 is 2.32 bits per heavy atom. The molecular weight excluding hydrogens is 372 g/mol. The second-order valence-corrected chi connectivity index (χ2v) is 10.2. The van der Waals surface area contributed by atoms with E-state index in [9.17, 15) is 13.2 Å². The summed E-state index contributed by atoms with van der Waals surface area (Å²) in [5.41, 5.74) is 2.43. The minimum Gasteiger partial charge on any atom is -0.461 e. The minimum atomic E-state index is -3.70. The van der Waals surface area contributed by atoms with E-state index in [1.807, 2.05) is 26.8 Å². The normalized spacial score (nSPS) is 20.4. The zero-order valence-electron chi connectivity index (χ0n) is 17.5. The van der Waals surface area contributed by atoms with Gasteiger partial charge < -0.3 is 4.74 Å². The maximum absolute atomic E-state index is 13.5. The zero-order chi connectivity index (χ0) is 20.9. The molecule has 1 aliphatic rings. The summed E-state index contributed by atoms with van der Waals surface area (Å²) in [6, 6.07) is 8.42. The van der Waals surface area contributed by atoms with Gasteiger partial charge in [0.15, 0.2) is 9.84 Å². The van der Waals surface area contributed by atoms with Crippen molar-refractivity contribution < 1.29 is 17.9 Å². The van der Waals surface area contributed by atoms with Crippen molar-refractivity contribution in [1.29, 1.82) is 0 Å². The molecule has 2 rings (SSSR count). The van der Waals surface area contributed by atoms with Gasteiger partial charge in [-0.1, -0.05) is 55.3 Å². The van der Waals surface area contributed by atoms with E-state index in [1.54, 1.807) is 30.3 Å². The predicted octanol–water partition coefficient (Wildman–Crippen LogP) is 5.11. The van der Waals surface area contributed by atoms with Gasteiger partial charge in [-0.15, -0.1) is 0 Å². The molecule has 3 unspecified atom stereocenters. The number of hydrogen-bond donors (Lipinski definition) is 0. The van der Waals surface area contributed by atoms with E-state index in [0.717, 1.165) is 24.8 Å². The maximum Gasteiger partial charge on any atom is 0.302 e. The summed E-state index contributed by atoms with van der Waals surface area (Å²) in [4.78, 5) is 12.0. The van der Waals surface area contributed by atoms with Crippen LogP contribution in [0.25, 0.3) is 0 Å². The molecule has 4 nitrogen and oxygen atoms in total. The number of carbonyl (C=O) groups is 1. The lowest BCUT2D eigenvalue weighted by Crippen LogP contribution is -2.40. The molecule has 1 aromatic rings. The fourth-order valence-electron chi connectivity index (χ4n) is 3.68. The van der Waals surface area contributed by atoms with Crippen LogP contribution in [-0.4, -0.2) is 25.7 Å². The second kappa shape index (κ2) is 9.55. The number of esters is 1. The van der Waals surface area contributed by atoms with Crippen molar-refractivity contribution in [2.75, 3.05) is 0 Å². The SMILES string of the molecule is CC(=O)OC(C(C)C)C(/C=C(\C)C1CC=C(C)CC1)S(=O)(=O)c1ccccc1. The van der Waals surface area contributed by atoms with Gasteiger partial charge in [0.05, 0.1) is 4.90 Å². The molecule has 0 saturated heterocycles. The third-order valence-electron chi connectivity index (χ3n) is 5.42. The number of ether oxygens (including phenoxy) is 1. The van der Waals surface area contributed by atoms with E-state index in [-0.39, 0.29) is 10.8 Å². The molecule has 0 aromatic heterocycles. The number of sulfone groups is 1. The molecule has 1 aliphatic carbocycles. The quantitative estimate of drug-likeness (QED) is 0.468. The monoisotopic (exact) mass is 404 g/mol. The summed E-state index contributed by atoms with van der Waals surface area (Å²) in [5, 5.41) is -0.911. The second-order valence-electron chi connectivity index (χ2n) is 8.07. The molecule has 0 aliphatic heterocycles. The lowest BCUT2D eigenvalue weighted by Gasteiger charge is -2.29. The highest BCUT2D eigenvalue weighted by Crippen LogP contribution is 2.32. The van der Waals surface area contributed by atoms with Crippen LogP contribution in [0.3, 0.4) is 0 Å². The average Bonchev–Trinajstić information content (AvgIpc) is 2.65. The summed E-state index contributed by atoms with van der Waals surface area (Å²) in [6.45, 7) is 9.23. The Bertz CT molecular complexity index is 835. The van der Waals surface area contributed by atoms with Crippen molar-refractivity contribution in [3.8, 4) is 0 Å². The van der Waals surface area contributed by atoms with Crippen molar-refractivity contribution in [1.82, 2.24) is 0 Å². The first-order valence-corrected chi connectivity index (χ1v) is 11.5. The average molecular weight is 405 g/mol. The first-order valence-electron chi connectivity index (χ1n) is 9.93. The molecule has 0 bridgehead atoms. The maximum atomic E-state index is 13.5. The molecular formula is C23H32O4S. The number of benzene rings is 1. The molecule has 5 heteroatoms. The number of hydrogen-bond acceptors (Lipinski definition) is 4. The zero-order valence-corrected chi connectivity index (χ0v) is 18.3. The fourth-order valence-corrected chi connectivity index (χ4v) is 5.64. The van der Waals surface area contributed by atoms with Gasteiger partial charge in [-0.2, -0.15) is 0 Å². The van der Waals surface area contributed by atoms with E-state index in [2.05, 4.69) is 13.0 Å². The third kappa shape index (κ3) is 5.57. The Hall–Kier alpha value is -1.88. The van der Waals surface area contributed by atoms with Gasteiger partial charge in [-0.3, -0.25) is 4.79 Å². The molecule has 0 radical (unpaired) electrons. The van der Waals surface area contributed by atoms with Crippen LogP contribution in [0.5, 0.6) is 0 Å². The minimum absolute atomic E-state index is 0.134. The van der Waals surface area contributed by atoms with E-state index in [1.165, 1.54) is 12.5 Å². The van der Waals surface area contributed by atoms with Crippen LogP contribution in [0.15, 0.2) is 58.5 Å². The summed E-state index contributed by atoms with van der Waals surface area (Å²) in [5.74, 6) is -0.276. The van der Waals surface area contributed by atoms with Gasteiger partial charge in [0.2, 0.25) is 0 Å². The number of allylic oxidation sites excluding steroid dienone is 3. The van der Waals surface area contributed by atoms with Crippen LogP contribution in [0.4, 0.5) is 0 Å². The van der Waals surface area contributed by atoms with E-state index < -0.39 is 27.2 Å². The van der Waals surface area contributed by atoms with Gasteiger partial charge in [0.1, 0.15) is 11.4 Å². The topological polar surface area (TPSA) is 60.4 Å². The summed E-state index contributed by atoms with van der Waals surface area (Å²) >= 11 is 0. The Balaban J connectivity index is 2.49. The molecule has 28 heavy (non-hydrogen) atoms. The molecule has 0 fully saturated rings. The molecule has 0 spiro atoms. The van der Waals surface area contributed by atoms with E-state index in [4.69, 9.17) is 4.74 Å². The molecule has 0 N–H and O–H groups in total. The Morgan fingerprint density at radius 1 is 1.18 bits per heavy atom. The predicted molar refractivity (Wildman–Crippen MR) is 113 cm³/mol. The Morgan fingerprint density at radius 2 is 1.82 bits per heavy atom. The number of carbonyl (C=O) groups excluding carboxylic acids is 1. The molecule has 1 aromatic carbocycles. The standard InChI is InChI=1S/C23H32O4S/c1-16(2)23(27-19(5)24)22(28(25,26)21-9-7-6-8-10-21)15-18(4)20-13-11-17(3)12-14-20/h6-11,15-16,20,22-23H,12-14H2,1-5H3/b18-15+. The third-order valence-corrected chi connectivity index (χ3v) is 7.47. The summed E-state index contributed by atoms with van der Waals surface area (Å²) in [7, 11) is -3.70. The molecule has 0 heterocycles. The summed E-state index contributed by atoms with van der Waals surface area (Å²) < 4.78 is 32.5. The van der Waals surface area contributed by atoms with E-state index in [0.29, 0.717) is 5.92 Å². The van der Waals surface area contributed by atoms with Crippen LogP contribution in [-0.2, 0) is 19.4 Å². The lowest BCUT2D eigenvalue weighted by molar-refractivity contribution is -0.148. The molecule has 154 valence electrons. The van der Waals surface area contributed by atoms with E-state index >= 15 is 0 Å². The van der Waals surface area contributed by atoms with Crippen molar-refractivity contribution in [2.45, 2.75) is 70.1 Å². The highest BCUT2D eigenvalue weighted by atomic mass is 32.2. The molecule has 3 atom stereocenters. The highest BCUT2D eigenvalue weighted by molar-refractivity contribution is 7.92. The van der Waals surface area contributed by atoms with Crippen molar-refractivity contribution in [2.24, 2.45) is 11.8 Å². The van der Waals surface area contributed by atoms with Crippen LogP contribution in [0.2, 0.25) is 0 Å². The Kier molecular flexibility index (Phi) is 7.64. The van der Waals surface area contributed by atoms with Gasteiger partial charge >= 0.3 is 5.97 Å². The number of rotatable bonds is 7. The largest absolute Gasteiger partial charge is 0.461 e. The Labute approximate surface area is 169 Å². The molecule has 0 amide bonds. The lowest BCUT2D eigenvalue weighted by atomic mass is 9.84. The first-order chi connectivity index (χ1) is 13.1. The molecule has 0 saturated carbocycles. The van der Waals surface area contributed by atoms with Gasteiger partial charge in [0, 0.05) is 6.92 Å². The van der Waals surface area contributed by atoms with Crippen molar-refractivity contribution >= 4 is 15.8 Å². The van der Waals surface area contributed by atoms with Gasteiger partial charge in [-0.25, -0.2) is 8.42 Å². The van der Waals surface area contributed by atoms with Crippen LogP contribution >= 0.6 is 0 Å². The van der Waals surface area contributed by atoms with Crippen molar-refractivity contribution in [3.05, 3.63) is 53.6 Å². The van der Waals surface area contributed by atoms with Crippen molar-refractivity contribution in [3.63, 3.8) is 0 Å². The van der Waals surface area contributed by atoms with Crippen LogP contribution in [0, 0.1) is 11.8 Å².